The molecule has 4 saturated heterocycles. The van der Waals surface area contributed by atoms with Gasteiger partial charge in [0, 0.05) is 5.41 Å². The summed E-state index contributed by atoms with van der Waals surface area (Å²) in [5.74, 6) is -0.919. The van der Waals surface area contributed by atoms with Gasteiger partial charge in [0.15, 0.2) is 18.9 Å². The van der Waals surface area contributed by atoms with Gasteiger partial charge in [-0.3, -0.25) is 4.79 Å². The lowest BCUT2D eigenvalue weighted by molar-refractivity contribution is -0.400. The van der Waals surface area contributed by atoms with Crippen molar-refractivity contribution in [3.8, 4) is 0 Å². The molecular formula is C54H88O24. The zero-order valence-corrected chi connectivity index (χ0v) is 45.4. The van der Waals surface area contributed by atoms with Gasteiger partial charge in [0.1, 0.15) is 97.7 Å². The van der Waals surface area contributed by atoms with Crippen molar-refractivity contribution in [1.29, 1.82) is 0 Å². The van der Waals surface area contributed by atoms with Gasteiger partial charge < -0.3 is 114 Å². The van der Waals surface area contributed by atoms with E-state index in [2.05, 4.69) is 40.7 Å². The van der Waals surface area contributed by atoms with Crippen molar-refractivity contribution in [3.05, 3.63) is 11.6 Å². The van der Waals surface area contributed by atoms with Crippen molar-refractivity contribution in [2.75, 3.05) is 33.0 Å². The molecule has 4 saturated carbocycles. The number of aliphatic hydroxyl groups excluding tert-OH is 15. The van der Waals surface area contributed by atoms with Crippen molar-refractivity contribution >= 4 is 5.97 Å². The molecule has 0 aromatic carbocycles. The van der Waals surface area contributed by atoms with Crippen molar-refractivity contribution in [3.63, 3.8) is 0 Å². The van der Waals surface area contributed by atoms with Crippen LogP contribution in [0.4, 0.5) is 0 Å². The average Bonchev–Trinajstić information content (AvgIpc) is 3.41. The second kappa shape index (κ2) is 22.4. The number of hydrogen-bond acceptors (Lipinski definition) is 24. The maximum atomic E-state index is 14.8. The number of fused-ring (bicyclic) bond motifs is 7. The molecule has 5 aliphatic carbocycles. The summed E-state index contributed by atoms with van der Waals surface area (Å²) >= 11 is 0. The fraction of sp³-hybridized carbons (Fsp3) is 0.944. The highest BCUT2D eigenvalue weighted by Gasteiger charge is 2.71. The monoisotopic (exact) mass is 1120 g/mol. The van der Waals surface area contributed by atoms with E-state index in [0.29, 0.717) is 51.4 Å². The van der Waals surface area contributed by atoms with Crippen LogP contribution in [0.15, 0.2) is 11.6 Å². The molecule has 15 N–H and O–H groups in total. The fourth-order valence-corrected chi connectivity index (χ4v) is 16.5. The van der Waals surface area contributed by atoms with Gasteiger partial charge in [0.05, 0.1) is 44.6 Å². The third-order valence-corrected chi connectivity index (χ3v) is 21.6. The standard InChI is InChI=1S/C54H88O24/c1-49(2)13-15-54(48(70)78-46-41(69)38(66)34(62)27(20-57)73-46)16-14-52(5)23(24(54)17-49)7-8-30-50(3)11-10-31(51(4,22-59)29(50)9-12-53(30,52)6)75-47-43(77-45-40(68)37(65)33(61)26(19-56)72-45)42(35(63)28(21-58)74-47)76-44-39(67)36(64)32(60)25(18-55)71-44/h7,24-47,55-69H,8-22H2,1-6H3. The van der Waals surface area contributed by atoms with Gasteiger partial charge in [-0.25, -0.2) is 0 Å². The Balaban J connectivity index is 1.01. The van der Waals surface area contributed by atoms with E-state index >= 15 is 0 Å². The molecule has 4 heterocycles. The minimum atomic E-state index is -1.97. The molecule has 0 bridgehead atoms. The summed E-state index contributed by atoms with van der Waals surface area (Å²) in [6.45, 7) is 9.78. The maximum Gasteiger partial charge on any atom is 0.315 e. The molecule has 9 rings (SSSR count). The lowest BCUT2D eigenvalue weighted by atomic mass is 9.33. The molecule has 24 nitrogen and oxygen atoms in total. The van der Waals surface area contributed by atoms with Gasteiger partial charge in [0.25, 0.3) is 0 Å². The van der Waals surface area contributed by atoms with E-state index in [0.717, 1.165) is 12.8 Å². The minimum Gasteiger partial charge on any atom is -0.432 e. The largest absolute Gasteiger partial charge is 0.432 e. The molecular weight excluding hydrogens is 1030 g/mol. The Morgan fingerprint density at radius 3 is 1.55 bits per heavy atom. The zero-order valence-electron chi connectivity index (χ0n) is 45.4. The molecule has 24 heteroatoms. The molecule has 0 aromatic rings. The molecule has 0 aromatic heterocycles. The van der Waals surface area contributed by atoms with Gasteiger partial charge in [-0.15, -0.1) is 0 Å². The Hall–Kier alpha value is -1.67. The Bertz CT molecular complexity index is 2130. The Kier molecular flexibility index (Phi) is 17.5. The highest BCUT2D eigenvalue weighted by molar-refractivity contribution is 5.79. The Morgan fingerprint density at radius 2 is 1.01 bits per heavy atom. The average molecular weight is 1120 g/mol. The Labute approximate surface area is 453 Å². The number of rotatable bonds is 13. The molecule has 9 aliphatic rings. The van der Waals surface area contributed by atoms with Crippen LogP contribution in [0.1, 0.15) is 106 Å². The maximum absolute atomic E-state index is 14.8. The fourth-order valence-electron chi connectivity index (χ4n) is 16.5. The van der Waals surface area contributed by atoms with Crippen molar-refractivity contribution in [2.45, 2.75) is 235 Å². The summed E-state index contributed by atoms with van der Waals surface area (Å²) in [5.41, 5.74) is -2.09. The molecule has 29 unspecified atom stereocenters. The second-order valence-corrected chi connectivity index (χ2v) is 26.1. The summed E-state index contributed by atoms with van der Waals surface area (Å²) in [6, 6.07) is 0. The number of ether oxygens (including phenoxy) is 8. The van der Waals surface area contributed by atoms with Crippen molar-refractivity contribution < 1.29 is 119 Å². The van der Waals surface area contributed by atoms with Crippen LogP contribution in [-0.2, 0) is 42.7 Å². The van der Waals surface area contributed by atoms with Crippen molar-refractivity contribution in [1.82, 2.24) is 0 Å². The highest BCUT2D eigenvalue weighted by atomic mass is 16.8. The molecule has 8 fully saturated rings. The summed E-state index contributed by atoms with van der Waals surface area (Å²) in [4.78, 5) is 14.8. The normalized spacial score (nSPS) is 54.1. The van der Waals surface area contributed by atoms with Crippen LogP contribution >= 0.6 is 0 Å². The number of esters is 1. The lowest BCUT2D eigenvalue weighted by Gasteiger charge is -2.71. The summed E-state index contributed by atoms with van der Waals surface area (Å²) < 4.78 is 48.7. The predicted octanol–water partition coefficient (Wildman–Crippen LogP) is -3.06. The number of aliphatic hydroxyl groups is 15. The summed E-state index contributed by atoms with van der Waals surface area (Å²) in [6.07, 6.45) is -26.8. The third kappa shape index (κ3) is 9.76. The van der Waals surface area contributed by atoms with Gasteiger partial charge in [0.2, 0.25) is 6.29 Å². The molecule has 448 valence electrons. The van der Waals surface area contributed by atoms with Gasteiger partial charge in [-0.2, -0.15) is 0 Å². The molecule has 0 amide bonds. The third-order valence-electron chi connectivity index (χ3n) is 21.6. The van der Waals surface area contributed by atoms with E-state index in [-0.39, 0.29) is 35.2 Å². The summed E-state index contributed by atoms with van der Waals surface area (Å²) in [7, 11) is 0. The lowest BCUT2D eigenvalue weighted by Crippen LogP contribution is -2.69. The molecule has 29 atom stereocenters. The van der Waals surface area contributed by atoms with Crippen LogP contribution < -0.4 is 0 Å². The first kappa shape index (κ1) is 60.9. The first-order valence-corrected chi connectivity index (χ1v) is 28.0. The van der Waals surface area contributed by atoms with Crippen LogP contribution in [0.2, 0.25) is 0 Å². The zero-order chi connectivity index (χ0) is 57.0. The van der Waals surface area contributed by atoms with Crippen molar-refractivity contribution in [2.24, 2.45) is 50.2 Å². The van der Waals surface area contributed by atoms with Gasteiger partial charge in [-0.05, 0) is 104 Å². The van der Waals surface area contributed by atoms with Gasteiger partial charge >= 0.3 is 5.97 Å². The van der Waals surface area contributed by atoms with Crippen LogP contribution in [0, 0.1) is 50.2 Å². The number of carbonyl (C=O) groups excluding carboxylic acids is 1. The smallest absolute Gasteiger partial charge is 0.315 e. The SMILES string of the molecule is CC1(C)CCC2(C(=O)OC3OC(CO)C(O)C(O)C3O)CCC3(C)C(=CCC4C5(C)CCC(OC6OC(CO)C(O)C(OC7OC(CO)C(O)C(O)C7O)C6OC6OC(CO)C(O)C(O)C6O)C(C)(CO)C5CCC43C)C2C1. The minimum absolute atomic E-state index is 0.0629. The second-order valence-electron chi connectivity index (χ2n) is 26.1. The highest BCUT2D eigenvalue weighted by Crippen LogP contribution is 2.76. The number of allylic oxidation sites excluding steroid dienone is 2. The topological polar surface area (TPSA) is 394 Å². The van der Waals surface area contributed by atoms with Crippen LogP contribution in [-0.4, -0.2) is 245 Å². The van der Waals surface area contributed by atoms with Crippen LogP contribution in [0.5, 0.6) is 0 Å². The molecule has 0 spiro atoms. The van der Waals surface area contributed by atoms with Crippen LogP contribution in [0.25, 0.3) is 0 Å². The van der Waals surface area contributed by atoms with E-state index < -0.39 is 183 Å². The molecule has 0 radical (unpaired) electrons. The molecule has 78 heavy (non-hydrogen) atoms. The van der Waals surface area contributed by atoms with E-state index in [1.54, 1.807) is 0 Å². The predicted molar refractivity (Wildman–Crippen MR) is 264 cm³/mol. The number of carbonyl (C=O) groups is 1. The van der Waals surface area contributed by atoms with E-state index in [1.807, 2.05) is 6.92 Å². The van der Waals surface area contributed by atoms with E-state index in [4.69, 9.17) is 37.9 Å². The first-order valence-electron chi connectivity index (χ1n) is 28.0. The van der Waals surface area contributed by atoms with E-state index in [1.165, 1.54) is 5.57 Å². The Morgan fingerprint density at radius 1 is 0.526 bits per heavy atom. The van der Waals surface area contributed by atoms with Crippen LogP contribution in [0.3, 0.4) is 0 Å². The van der Waals surface area contributed by atoms with Gasteiger partial charge in [-0.1, -0.05) is 53.2 Å². The summed E-state index contributed by atoms with van der Waals surface area (Å²) in [5, 5.41) is 161. The first-order chi connectivity index (χ1) is 36.6. The van der Waals surface area contributed by atoms with E-state index in [9.17, 15) is 81.4 Å². The number of hydrogen-bond donors (Lipinski definition) is 15. The quantitative estimate of drug-likeness (QED) is 0.0494. The molecule has 4 aliphatic heterocycles.